The minimum Gasteiger partial charge on any atom is -0.362 e. The first-order valence-corrected chi connectivity index (χ1v) is 10.8. The van der Waals surface area contributed by atoms with E-state index in [4.69, 9.17) is 0 Å². The van der Waals surface area contributed by atoms with E-state index in [1.807, 2.05) is 36.2 Å². The predicted molar refractivity (Wildman–Crippen MR) is 122 cm³/mol. The van der Waals surface area contributed by atoms with Gasteiger partial charge in [0.05, 0.1) is 29.0 Å². The molecule has 0 saturated carbocycles. The smallest absolute Gasteiger partial charge is 0.269 e. The molecular formula is C23H27FN6O2. The Kier molecular flexibility index (Phi) is 6.45. The van der Waals surface area contributed by atoms with Crippen molar-refractivity contribution in [3.63, 3.8) is 0 Å². The van der Waals surface area contributed by atoms with E-state index in [1.165, 1.54) is 0 Å². The van der Waals surface area contributed by atoms with Gasteiger partial charge in [0, 0.05) is 45.0 Å². The minimum absolute atomic E-state index is 0.0823. The van der Waals surface area contributed by atoms with Crippen LogP contribution in [0.5, 0.6) is 0 Å². The van der Waals surface area contributed by atoms with Gasteiger partial charge in [0.2, 0.25) is 0 Å². The fourth-order valence-electron chi connectivity index (χ4n) is 4.13. The zero-order chi connectivity index (χ0) is 22.7. The van der Waals surface area contributed by atoms with Crippen LogP contribution in [0.1, 0.15) is 28.5 Å². The van der Waals surface area contributed by atoms with E-state index in [0.717, 1.165) is 28.9 Å². The Hall–Kier alpha value is -3.33. The van der Waals surface area contributed by atoms with Gasteiger partial charge in [-0.05, 0) is 36.2 Å². The molecule has 32 heavy (non-hydrogen) atoms. The van der Waals surface area contributed by atoms with E-state index in [9.17, 15) is 14.0 Å². The summed E-state index contributed by atoms with van der Waals surface area (Å²) >= 11 is 0. The van der Waals surface area contributed by atoms with Crippen molar-refractivity contribution in [2.45, 2.75) is 25.9 Å². The van der Waals surface area contributed by atoms with Gasteiger partial charge in [0.15, 0.2) is 0 Å². The number of carbonyl (C=O) groups is 1. The summed E-state index contributed by atoms with van der Waals surface area (Å²) in [7, 11) is 1.56. The number of nitrogens with one attached hydrogen (secondary N) is 2. The number of anilines is 1. The van der Waals surface area contributed by atoms with Crippen LogP contribution in [0.2, 0.25) is 0 Å². The number of amides is 1. The highest BCUT2D eigenvalue weighted by molar-refractivity contribution is 5.92. The Bertz CT molecular complexity index is 1160. The van der Waals surface area contributed by atoms with Crippen LogP contribution in [0.3, 0.4) is 0 Å². The first kappa shape index (κ1) is 21.9. The SMILES string of the molecule is CCc1cc2ncc(CN3CCN(c4ccc(C(=O)NC)nc4)[C@H](CF)C3)cc2[nH]c1=O. The van der Waals surface area contributed by atoms with Gasteiger partial charge in [-0.3, -0.25) is 19.5 Å². The molecule has 0 aromatic carbocycles. The van der Waals surface area contributed by atoms with Crippen LogP contribution >= 0.6 is 0 Å². The quantitative estimate of drug-likeness (QED) is 0.611. The molecule has 0 aliphatic carbocycles. The lowest BCUT2D eigenvalue weighted by Gasteiger charge is -2.41. The highest BCUT2D eigenvalue weighted by Crippen LogP contribution is 2.22. The maximum absolute atomic E-state index is 13.9. The molecule has 168 valence electrons. The number of aryl methyl sites for hydroxylation is 1. The number of piperazine rings is 1. The fourth-order valence-corrected chi connectivity index (χ4v) is 4.13. The molecule has 1 saturated heterocycles. The number of aromatic amines is 1. The van der Waals surface area contributed by atoms with Gasteiger partial charge in [0.1, 0.15) is 12.4 Å². The number of halogens is 1. The van der Waals surface area contributed by atoms with Crippen LogP contribution in [0.15, 0.2) is 41.5 Å². The number of fused-ring (bicyclic) bond motifs is 1. The second-order valence-electron chi connectivity index (χ2n) is 7.97. The molecule has 3 aromatic rings. The molecule has 0 radical (unpaired) electrons. The molecule has 1 aliphatic rings. The number of nitrogens with zero attached hydrogens (tertiary/aromatic N) is 4. The summed E-state index contributed by atoms with van der Waals surface area (Å²) in [6.07, 6.45) is 4.10. The van der Waals surface area contributed by atoms with Crippen molar-refractivity contribution in [3.8, 4) is 0 Å². The molecule has 9 heteroatoms. The maximum Gasteiger partial charge on any atom is 0.269 e. The zero-order valence-corrected chi connectivity index (χ0v) is 18.3. The predicted octanol–water partition coefficient (Wildman–Crippen LogP) is 1.90. The molecule has 1 aliphatic heterocycles. The molecule has 1 amide bonds. The Labute approximate surface area is 185 Å². The lowest BCUT2D eigenvalue weighted by Crippen LogP contribution is -2.54. The molecule has 2 N–H and O–H groups in total. The first-order valence-electron chi connectivity index (χ1n) is 10.8. The highest BCUT2D eigenvalue weighted by atomic mass is 19.1. The lowest BCUT2D eigenvalue weighted by atomic mass is 10.1. The summed E-state index contributed by atoms with van der Waals surface area (Å²) in [5, 5.41) is 2.54. The van der Waals surface area contributed by atoms with Crippen LogP contribution in [0.25, 0.3) is 11.0 Å². The van der Waals surface area contributed by atoms with Gasteiger partial charge in [-0.2, -0.15) is 0 Å². The van der Waals surface area contributed by atoms with Crippen LogP contribution in [-0.4, -0.2) is 65.2 Å². The van der Waals surface area contributed by atoms with Gasteiger partial charge in [-0.15, -0.1) is 0 Å². The van der Waals surface area contributed by atoms with Gasteiger partial charge in [0.25, 0.3) is 11.5 Å². The topological polar surface area (TPSA) is 94.2 Å². The van der Waals surface area contributed by atoms with Crippen LogP contribution in [0.4, 0.5) is 10.1 Å². The van der Waals surface area contributed by atoms with E-state index >= 15 is 0 Å². The van der Waals surface area contributed by atoms with E-state index in [-0.39, 0.29) is 17.5 Å². The summed E-state index contributed by atoms with van der Waals surface area (Å²) < 4.78 is 13.9. The van der Waals surface area contributed by atoms with Crippen molar-refractivity contribution < 1.29 is 9.18 Å². The standard InChI is InChI=1S/C23H27FN6O2/c1-3-16-9-20-21(28-22(16)31)8-15(11-26-20)13-29-6-7-30(18(10-24)14-29)17-4-5-19(27-12-17)23(32)25-2/h4-5,8-9,11-12,18H,3,6-7,10,13-14H2,1-2H3,(H,25,32)(H,28,31)/t18-/m1/s1. The molecule has 0 spiro atoms. The van der Waals surface area contributed by atoms with E-state index in [0.29, 0.717) is 37.3 Å². The summed E-state index contributed by atoms with van der Waals surface area (Å²) in [5.74, 6) is -0.250. The summed E-state index contributed by atoms with van der Waals surface area (Å²) in [6, 6.07) is 6.93. The number of H-pyrrole nitrogens is 1. The van der Waals surface area contributed by atoms with Gasteiger partial charge < -0.3 is 15.2 Å². The third-order valence-corrected chi connectivity index (χ3v) is 5.90. The molecule has 4 rings (SSSR count). The van der Waals surface area contributed by atoms with E-state index < -0.39 is 6.67 Å². The van der Waals surface area contributed by atoms with Crippen molar-refractivity contribution >= 4 is 22.6 Å². The molecule has 0 bridgehead atoms. The van der Waals surface area contributed by atoms with Gasteiger partial charge in [-0.25, -0.2) is 9.37 Å². The van der Waals surface area contributed by atoms with Crippen molar-refractivity contribution in [1.82, 2.24) is 25.2 Å². The first-order chi connectivity index (χ1) is 15.5. The Morgan fingerprint density at radius 2 is 2.09 bits per heavy atom. The third-order valence-electron chi connectivity index (χ3n) is 5.90. The summed E-state index contributed by atoms with van der Waals surface area (Å²) in [5.41, 5.74) is 4.23. The number of alkyl halides is 1. The third kappa shape index (κ3) is 4.47. The van der Waals surface area contributed by atoms with Gasteiger partial charge in [-0.1, -0.05) is 6.92 Å². The second-order valence-corrected chi connectivity index (χ2v) is 7.97. The molecular weight excluding hydrogens is 411 g/mol. The van der Waals surface area contributed by atoms with Gasteiger partial charge >= 0.3 is 0 Å². The number of carbonyl (C=O) groups excluding carboxylic acids is 1. The lowest BCUT2D eigenvalue weighted by molar-refractivity contribution is 0.0958. The van der Waals surface area contributed by atoms with Crippen molar-refractivity contribution in [1.29, 1.82) is 0 Å². The Balaban J connectivity index is 1.46. The number of hydrogen-bond acceptors (Lipinski definition) is 6. The Morgan fingerprint density at radius 1 is 1.25 bits per heavy atom. The second kappa shape index (κ2) is 9.44. The molecule has 0 unspecified atom stereocenters. The van der Waals surface area contributed by atoms with Crippen LogP contribution in [0, 0.1) is 0 Å². The average Bonchev–Trinajstić information content (AvgIpc) is 2.83. The number of aromatic nitrogens is 3. The fraction of sp³-hybridized carbons (Fsp3) is 0.391. The number of hydrogen-bond donors (Lipinski definition) is 2. The van der Waals surface area contributed by atoms with E-state index in [1.54, 1.807) is 19.3 Å². The largest absolute Gasteiger partial charge is 0.362 e. The summed E-state index contributed by atoms with van der Waals surface area (Å²) in [6.45, 7) is 4.02. The molecule has 8 nitrogen and oxygen atoms in total. The molecule has 4 heterocycles. The van der Waals surface area contributed by atoms with Crippen molar-refractivity contribution in [3.05, 3.63) is 63.8 Å². The zero-order valence-electron chi connectivity index (χ0n) is 18.3. The molecule has 1 fully saturated rings. The Morgan fingerprint density at radius 3 is 2.78 bits per heavy atom. The monoisotopic (exact) mass is 438 g/mol. The number of rotatable bonds is 6. The number of pyridine rings is 3. The van der Waals surface area contributed by atoms with Crippen molar-refractivity contribution in [2.75, 3.05) is 38.3 Å². The summed E-state index contributed by atoms with van der Waals surface area (Å²) in [4.78, 5) is 39.6. The van der Waals surface area contributed by atoms with Crippen molar-refractivity contribution in [2.24, 2.45) is 0 Å². The molecule has 3 aromatic heterocycles. The van der Waals surface area contributed by atoms with E-state index in [2.05, 4.69) is 25.2 Å². The average molecular weight is 439 g/mol. The highest BCUT2D eigenvalue weighted by Gasteiger charge is 2.27. The molecule has 1 atom stereocenters. The minimum atomic E-state index is -0.489. The normalized spacial score (nSPS) is 17.0. The van der Waals surface area contributed by atoms with Crippen LogP contribution in [-0.2, 0) is 13.0 Å². The maximum atomic E-state index is 13.9. The van der Waals surface area contributed by atoms with Crippen LogP contribution < -0.4 is 15.8 Å².